The summed E-state index contributed by atoms with van der Waals surface area (Å²) in [6.07, 6.45) is 4.17. The lowest BCUT2D eigenvalue weighted by Gasteiger charge is -2.27. The van der Waals surface area contributed by atoms with Crippen LogP contribution < -0.4 is 10.1 Å². The molecule has 0 saturated heterocycles. The van der Waals surface area contributed by atoms with Gasteiger partial charge in [0.2, 0.25) is 10.0 Å². The summed E-state index contributed by atoms with van der Waals surface area (Å²) in [4.78, 5) is 14.0. The largest absolute Gasteiger partial charge is 0.482 e. The van der Waals surface area contributed by atoms with Crippen molar-refractivity contribution in [3.8, 4) is 5.75 Å². The molecule has 1 aromatic rings. The van der Waals surface area contributed by atoms with Crippen molar-refractivity contribution < 1.29 is 17.9 Å². The third-order valence-electron chi connectivity index (χ3n) is 6.47. The van der Waals surface area contributed by atoms with Gasteiger partial charge in [0.1, 0.15) is 5.75 Å². The first-order valence-corrected chi connectivity index (χ1v) is 10.9. The molecule has 7 nitrogen and oxygen atoms in total. The second-order valence-corrected chi connectivity index (χ2v) is 10.2. The maximum absolute atomic E-state index is 13.1. The van der Waals surface area contributed by atoms with Crippen LogP contribution in [0.15, 0.2) is 23.1 Å². The molecule has 0 bridgehead atoms. The Bertz CT molecular complexity index is 841. The van der Waals surface area contributed by atoms with Crippen molar-refractivity contribution in [2.24, 2.45) is 11.8 Å². The molecule has 2 aliphatic carbocycles. The molecule has 2 saturated carbocycles. The van der Waals surface area contributed by atoms with Gasteiger partial charge in [0.25, 0.3) is 5.91 Å². The van der Waals surface area contributed by atoms with Crippen molar-refractivity contribution in [2.75, 3.05) is 33.1 Å². The van der Waals surface area contributed by atoms with E-state index in [2.05, 4.69) is 24.3 Å². The van der Waals surface area contributed by atoms with Gasteiger partial charge in [-0.25, -0.2) is 8.42 Å². The molecule has 2 fully saturated rings. The van der Waals surface area contributed by atoms with E-state index in [1.54, 1.807) is 19.2 Å². The zero-order chi connectivity index (χ0) is 19.3. The van der Waals surface area contributed by atoms with E-state index in [0.29, 0.717) is 29.3 Å². The molecule has 0 aromatic heterocycles. The van der Waals surface area contributed by atoms with Crippen molar-refractivity contribution in [1.82, 2.24) is 9.21 Å². The van der Waals surface area contributed by atoms with Crippen LogP contribution in [0.1, 0.15) is 25.7 Å². The predicted octanol–water partition coefficient (Wildman–Crippen LogP) is 1.76. The van der Waals surface area contributed by atoms with Gasteiger partial charge in [0, 0.05) is 19.1 Å². The van der Waals surface area contributed by atoms with Crippen LogP contribution in [0.25, 0.3) is 0 Å². The fourth-order valence-electron chi connectivity index (χ4n) is 4.86. The van der Waals surface area contributed by atoms with Crippen LogP contribution in [0.2, 0.25) is 0 Å². The Hall–Kier alpha value is -1.64. The lowest BCUT2D eigenvalue weighted by atomic mass is 10.0. The Morgan fingerprint density at radius 1 is 1.04 bits per heavy atom. The maximum atomic E-state index is 13.1. The second-order valence-electron chi connectivity index (χ2n) is 8.25. The van der Waals surface area contributed by atoms with E-state index in [9.17, 15) is 13.2 Å². The van der Waals surface area contributed by atoms with Crippen LogP contribution in [-0.4, -0.2) is 63.4 Å². The molecule has 27 heavy (non-hydrogen) atoms. The number of rotatable bonds is 4. The van der Waals surface area contributed by atoms with Crippen molar-refractivity contribution in [3.63, 3.8) is 0 Å². The normalized spacial score (nSPS) is 30.2. The number of nitrogens with one attached hydrogen (secondary N) is 1. The van der Waals surface area contributed by atoms with Gasteiger partial charge < -0.3 is 15.0 Å². The summed E-state index contributed by atoms with van der Waals surface area (Å²) < 4.78 is 33.1. The maximum Gasteiger partial charge on any atom is 0.262 e. The van der Waals surface area contributed by atoms with E-state index < -0.39 is 10.0 Å². The first kappa shape index (κ1) is 18.7. The summed E-state index contributed by atoms with van der Waals surface area (Å²) in [7, 11) is 2.31. The average Bonchev–Trinajstić information content (AvgIpc) is 3.19. The van der Waals surface area contributed by atoms with Crippen LogP contribution in [-0.2, 0) is 14.8 Å². The molecule has 1 heterocycles. The fraction of sp³-hybridized carbons (Fsp3) is 0.632. The Balaban J connectivity index is 1.50. The summed E-state index contributed by atoms with van der Waals surface area (Å²) >= 11 is 0. The first-order chi connectivity index (χ1) is 12.8. The van der Waals surface area contributed by atoms with Crippen LogP contribution in [0.5, 0.6) is 5.75 Å². The molecule has 2 unspecified atom stereocenters. The number of carbonyl (C=O) groups excluding carboxylic acids is 1. The van der Waals surface area contributed by atoms with Gasteiger partial charge in [-0.1, -0.05) is 0 Å². The van der Waals surface area contributed by atoms with Crippen LogP contribution >= 0.6 is 0 Å². The average molecular weight is 394 g/mol. The zero-order valence-electron chi connectivity index (χ0n) is 16.0. The number of fused-ring (bicyclic) bond motifs is 2. The summed E-state index contributed by atoms with van der Waals surface area (Å²) in [6.45, 7) is -0.0439. The summed E-state index contributed by atoms with van der Waals surface area (Å²) in [6, 6.07) is 5.32. The minimum atomic E-state index is -3.62. The highest BCUT2D eigenvalue weighted by Gasteiger charge is 2.45. The molecular formula is C19H27N3O4S. The molecule has 3 aliphatic rings. The molecule has 148 valence electrons. The monoisotopic (exact) mass is 393 g/mol. The number of hydrogen-bond acceptors (Lipinski definition) is 5. The highest BCUT2D eigenvalue weighted by atomic mass is 32.2. The molecule has 0 spiro atoms. The third kappa shape index (κ3) is 3.34. The van der Waals surface area contributed by atoms with Crippen LogP contribution in [0, 0.1) is 11.8 Å². The number of anilines is 1. The molecule has 1 aliphatic heterocycles. The Labute approximate surface area is 160 Å². The predicted molar refractivity (Wildman–Crippen MR) is 102 cm³/mol. The molecule has 8 heteroatoms. The molecule has 1 amide bonds. The van der Waals surface area contributed by atoms with Gasteiger partial charge in [0.05, 0.1) is 10.6 Å². The first-order valence-electron chi connectivity index (χ1n) is 9.47. The Morgan fingerprint density at radius 2 is 1.67 bits per heavy atom. The number of sulfonamides is 1. The topological polar surface area (TPSA) is 79.0 Å². The second kappa shape index (κ2) is 6.76. The Morgan fingerprint density at radius 3 is 2.30 bits per heavy atom. The molecule has 0 radical (unpaired) electrons. The number of hydrogen-bond donors (Lipinski definition) is 1. The van der Waals surface area contributed by atoms with Gasteiger partial charge in [-0.2, -0.15) is 4.31 Å². The summed E-state index contributed by atoms with van der Waals surface area (Å²) in [5.41, 5.74) is 0.415. The summed E-state index contributed by atoms with van der Waals surface area (Å²) in [5.74, 6) is 1.44. The smallest absolute Gasteiger partial charge is 0.262 e. The van der Waals surface area contributed by atoms with Crippen LogP contribution in [0.3, 0.4) is 0 Å². The zero-order valence-corrected chi connectivity index (χ0v) is 16.8. The highest BCUT2D eigenvalue weighted by molar-refractivity contribution is 7.89. The molecular weight excluding hydrogens is 366 g/mol. The van der Waals surface area contributed by atoms with E-state index in [4.69, 9.17) is 4.74 Å². The third-order valence-corrected chi connectivity index (χ3v) is 8.38. The van der Waals surface area contributed by atoms with Gasteiger partial charge in [0.15, 0.2) is 6.61 Å². The molecule has 4 atom stereocenters. The van der Waals surface area contributed by atoms with E-state index >= 15 is 0 Å². The van der Waals surface area contributed by atoms with E-state index in [-0.39, 0.29) is 23.5 Å². The Kier molecular flexibility index (Phi) is 4.68. The minimum absolute atomic E-state index is 0.0370. The number of ether oxygens (including phenoxy) is 1. The number of carbonyl (C=O) groups is 1. The fourth-order valence-corrected chi connectivity index (χ4v) is 6.26. The number of benzene rings is 1. The van der Waals surface area contributed by atoms with E-state index in [1.807, 2.05) is 0 Å². The lowest BCUT2D eigenvalue weighted by molar-refractivity contribution is -0.118. The number of amides is 1. The SMILES string of the molecule is CN(C)C1C[C@@H]2CC(N(C)S(=O)(=O)c3ccc4c(c3)NC(=O)CO4)C[C@@H]2C1. The van der Waals surface area contributed by atoms with Crippen molar-refractivity contribution in [1.29, 1.82) is 0 Å². The molecule has 1 aromatic carbocycles. The number of nitrogens with zero attached hydrogens (tertiary/aromatic N) is 2. The van der Waals surface area contributed by atoms with Crippen molar-refractivity contribution >= 4 is 21.6 Å². The quantitative estimate of drug-likeness (QED) is 0.843. The van der Waals surface area contributed by atoms with Crippen molar-refractivity contribution in [2.45, 2.75) is 42.7 Å². The van der Waals surface area contributed by atoms with Crippen molar-refractivity contribution in [3.05, 3.63) is 18.2 Å². The highest BCUT2D eigenvalue weighted by Crippen LogP contribution is 2.47. The molecule has 1 N–H and O–H groups in total. The van der Waals surface area contributed by atoms with E-state index in [0.717, 1.165) is 25.7 Å². The van der Waals surface area contributed by atoms with Gasteiger partial charge in [-0.3, -0.25) is 4.79 Å². The van der Waals surface area contributed by atoms with Gasteiger partial charge in [-0.05, 0) is 69.8 Å². The minimum Gasteiger partial charge on any atom is -0.482 e. The van der Waals surface area contributed by atoms with Gasteiger partial charge in [-0.15, -0.1) is 0 Å². The van der Waals surface area contributed by atoms with Gasteiger partial charge >= 0.3 is 0 Å². The van der Waals surface area contributed by atoms with Crippen LogP contribution in [0.4, 0.5) is 5.69 Å². The standard InChI is InChI=1S/C19H27N3O4S/c1-21(2)14-6-12-8-15(9-13(12)7-14)22(3)27(24,25)16-4-5-18-17(10-16)20-19(23)11-26-18/h4-5,10,12-15H,6-9,11H2,1-3H3,(H,20,23)/t12-,13+,14?,15?. The summed E-state index contributed by atoms with van der Waals surface area (Å²) in [5, 5.41) is 2.68. The van der Waals surface area contributed by atoms with E-state index in [1.165, 1.54) is 10.4 Å². The molecule has 4 rings (SSSR count). The lowest BCUT2D eigenvalue weighted by Crippen LogP contribution is -2.36.